The molecular weight excluding hydrogens is 387 g/mol. The Bertz CT molecular complexity index is 1450. The Labute approximate surface area is 177 Å². The van der Waals surface area contributed by atoms with Gasteiger partial charge in [-0.2, -0.15) is 15.8 Å². The molecule has 0 saturated heterocycles. The lowest BCUT2D eigenvalue weighted by Crippen LogP contribution is -1.95. The van der Waals surface area contributed by atoms with E-state index in [1.54, 1.807) is 24.4 Å². The molecule has 0 aliphatic heterocycles. The van der Waals surface area contributed by atoms with Gasteiger partial charge in [-0.1, -0.05) is 42.5 Å². The quantitative estimate of drug-likeness (QED) is 0.370. The largest absolute Gasteiger partial charge is 0.256 e. The molecule has 3 aromatic rings. The molecule has 2 aromatic carbocycles. The van der Waals surface area contributed by atoms with Gasteiger partial charge in [0.15, 0.2) is 0 Å². The third-order valence-electron chi connectivity index (χ3n) is 5.53. The Kier molecular flexibility index (Phi) is 4.07. The Balaban J connectivity index is 2.04. The lowest BCUT2D eigenvalue weighted by Gasteiger charge is -2.12. The lowest BCUT2D eigenvalue weighted by molar-refractivity contribution is 0.624. The maximum Gasteiger partial charge on any atom is 0.138 e. The average molecular weight is 398 g/mol. The zero-order chi connectivity index (χ0) is 21.5. The van der Waals surface area contributed by atoms with Gasteiger partial charge in [-0.05, 0) is 23.3 Å². The van der Waals surface area contributed by atoms with Gasteiger partial charge in [0, 0.05) is 51.3 Å². The van der Waals surface area contributed by atoms with Gasteiger partial charge in [-0.15, -0.1) is 0 Å². The summed E-state index contributed by atoms with van der Waals surface area (Å²) in [6, 6.07) is 21.8. The molecule has 0 atom stereocenters. The highest BCUT2D eigenvalue weighted by Gasteiger charge is 2.37. The molecule has 0 bridgehead atoms. The fraction of sp³-hybridized carbons (Fsp3) is 0. The molecule has 2 aliphatic carbocycles. The average Bonchev–Trinajstić information content (AvgIpc) is 3.29. The molecule has 4 nitrogen and oxygen atoms in total. The first-order valence-corrected chi connectivity index (χ1v) is 9.45. The van der Waals surface area contributed by atoms with E-state index < -0.39 is 5.82 Å². The van der Waals surface area contributed by atoms with Crippen LogP contribution in [0.25, 0.3) is 28.0 Å². The van der Waals surface area contributed by atoms with Gasteiger partial charge in [0.1, 0.15) is 23.5 Å². The van der Waals surface area contributed by atoms with Crippen LogP contribution in [0.15, 0.2) is 78.0 Å². The van der Waals surface area contributed by atoms with Crippen LogP contribution >= 0.6 is 0 Å². The highest BCUT2D eigenvalue weighted by molar-refractivity contribution is 6.20. The summed E-state index contributed by atoms with van der Waals surface area (Å²) >= 11 is 0. The predicted molar refractivity (Wildman–Crippen MR) is 114 cm³/mol. The van der Waals surface area contributed by atoms with Gasteiger partial charge >= 0.3 is 0 Å². The van der Waals surface area contributed by atoms with Crippen molar-refractivity contribution in [3.8, 4) is 29.5 Å². The van der Waals surface area contributed by atoms with Crippen molar-refractivity contribution in [2.45, 2.75) is 0 Å². The smallest absolute Gasteiger partial charge is 0.138 e. The van der Waals surface area contributed by atoms with Gasteiger partial charge in [0.2, 0.25) is 0 Å². The monoisotopic (exact) mass is 398 g/mol. The van der Waals surface area contributed by atoms with Crippen molar-refractivity contribution in [3.63, 3.8) is 0 Å². The summed E-state index contributed by atoms with van der Waals surface area (Å²) in [5.41, 5.74) is 5.71. The van der Waals surface area contributed by atoms with E-state index in [2.05, 4.69) is 4.98 Å². The normalized spacial score (nSPS) is 16.7. The van der Waals surface area contributed by atoms with Gasteiger partial charge in [0.05, 0.1) is 11.8 Å². The second kappa shape index (κ2) is 6.92. The molecule has 0 spiro atoms. The third kappa shape index (κ3) is 2.47. The van der Waals surface area contributed by atoms with E-state index in [0.717, 1.165) is 28.0 Å². The summed E-state index contributed by atoms with van der Waals surface area (Å²) in [6.07, 6.45) is 3.04. The summed E-state index contributed by atoms with van der Waals surface area (Å²) in [6.45, 7) is 0. The van der Waals surface area contributed by atoms with E-state index in [4.69, 9.17) is 0 Å². The first-order chi connectivity index (χ1) is 15.2. The second-order valence-corrected chi connectivity index (χ2v) is 7.02. The molecular formula is C26H11FN4. The number of nitrogens with zero attached hydrogens (tertiary/aromatic N) is 4. The molecule has 0 unspecified atom stereocenters. The standard InChI is InChI=1S/C26H11FN4/c27-21-9-3-7-16-18(10-11-28)25(22(24(16)21)15(13-29)14-30)23-17-5-1-2-6-19(17)26-20(23)8-4-12-31-26/h1-10,12H/b18-10+,25-23+. The fourth-order valence-electron chi connectivity index (χ4n) is 4.40. The Hall–Kier alpha value is -4.79. The molecule has 5 rings (SSSR count). The van der Waals surface area contributed by atoms with E-state index in [1.165, 1.54) is 12.1 Å². The molecule has 0 radical (unpaired) electrons. The number of halogens is 1. The number of rotatable bonds is 0. The van der Waals surface area contributed by atoms with Crippen molar-refractivity contribution in [1.29, 1.82) is 15.8 Å². The van der Waals surface area contributed by atoms with Crippen molar-refractivity contribution in [3.05, 3.63) is 106 Å². The number of aromatic nitrogens is 1. The van der Waals surface area contributed by atoms with Gasteiger partial charge in [-0.3, -0.25) is 4.98 Å². The summed E-state index contributed by atoms with van der Waals surface area (Å²) in [5, 5.41) is 28.9. The molecule has 1 aromatic heterocycles. The highest BCUT2D eigenvalue weighted by atomic mass is 19.1. The number of hydrogen-bond donors (Lipinski definition) is 0. The second-order valence-electron chi connectivity index (χ2n) is 7.02. The SMILES string of the molecule is N#C/C=C1/C(=C2/c3ccccc3-c3ncccc32)C(=C(C#N)C#N)c2c(F)cccc21. The van der Waals surface area contributed by atoms with Crippen LogP contribution in [0.1, 0.15) is 22.3 Å². The Morgan fingerprint density at radius 1 is 0.806 bits per heavy atom. The summed E-state index contributed by atoms with van der Waals surface area (Å²) in [4.78, 5) is 4.53. The van der Waals surface area contributed by atoms with Gasteiger partial charge in [0.25, 0.3) is 0 Å². The zero-order valence-electron chi connectivity index (χ0n) is 16.0. The minimum Gasteiger partial charge on any atom is -0.256 e. The lowest BCUT2D eigenvalue weighted by atomic mass is 9.89. The molecule has 0 saturated carbocycles. The van der Waals surface area contributed by atoms with Crippen LogP contribution in [0, 0.1) is 39.8 Å². The van der Waals surface area contributed by atoms with Crippen LogP contribution in [-0.2, 0) is 0 Å². The van der Waals surface area contributed by atoms with Crippen molar-refractivity contribution >= 4 is 16.7 Å². The number of allylic oxidation sites excluding steroid dienone is 5. The summed E-state index contributed by atoms with van der Waals surface area (Å²) < 4.78 is 15.0. The maximum atomic E-state index is 15.0. The van der Waals surface area contributed by atoms with E-state index in [0.29, 0.717) is 16.7 Å². The van der Waals surface area contributed by atoms with Crippen molar-refractivity contribution in [2.24, 2.45) is 0 Å². The molecule has 1 heterocycles. The van der Waals surface area contributed by atoms with Crippen LogP contribution in [0.4, 0.5) is 4.39 Å². The topological polar surface area (TPSA) is 84.3 Å². The van der Waals surface area contributed by atoms with Crippen molar-refractivity contribution in [2.75, 3.05) is 0 Å². The summed E-state index contributed by atoms with van der Waals surface area (Å²) in [7, 11) is 0. The number of pyridine rings is 1. The maximum absolute atomic E-state index is 15.0. The van der Waals surface area contributed by atoms with E-state index >= 15 is 4.39 Å². The van der Waals surface area contributed by atoms with Crippen molar-refractivity contribution in [1.82, 2.24) is 4.98 Å². The minimum absolute atomic E-state index is 0.166. The van der Waals surface area contributed by atoms with Crippen LogP contribution in [0.3, 0.4) is 0 Å². The molecule has 0 N–H and O–H groups in total. The molecule has 2 aliphatic rings. The minimum atomic E-state index is -0.548. The number of benzene rings is 2. The number of fused-ring (bicyclic) bond motifs is 4. The van der Waals surface area contributed by atoms with Crippen molar-refractivity contribution < 1.29 is 4.39 Å². The van der Waals surface area contributed by atoms with Crippen LogP contribution in [0.2, 0.25) is 0 Å². The molecule has 5 heteroatoms. The first-order valence-electron chi connectivity index (χ1n) is 9.45. The van der Waals surface area contributed by atoms with E-state index in [-0.39, 0.29) is 16.7 Å². The number of hydrogen-bond acceptors (Lipinski definition) is 4. The van der Waals surface area contributed by atoms with Gasteiger partial charge in [-0.25, -0.2) is 4.39 Å². The highest BCUT2D eigenvalue weighted by Crippen LogP contribution is 2.55. The fourth-order valence-corrected chi connectivity index (χ4v) is 4.40. The molecule has 0 fully saturated rings. The zero-order valence-corrected chi connectivity index (χ0v) is 16.0. The Morgan fingerprint density at radius 3 is 2.26 bits per heavy atom. The summed E-state index contributed by atoms with van der Waals surface area (Å²) in [5.74, 6) is -0.548. The first kappa shape index (κ1) is 18.3. The number of nitriles is 3. The van der Waals surface area contributed by atoms with Crippen LogP contribution in [-0.4, -0.2) is 4.98 Å². The molecule has 142 valence electrons. The Morgan fingerprint density at radius 2 is 1.52 bits per heavy atom. The van der Waals surface area contributed by atoms with E-state index in [1.807, 2.05) is 48.5 Å². The molecule has 0 amide bonds. The predicted octanol–water partition coefficient (Wildman–Crippen LogP) is 5.42. The molecule has 31 heavy (non-hydrogen) atoms. The van der Waals surface area contributed by atoms with Gasteiger partial charge < -0.3 is 0 Å². The van der Waals surface area contributed by atoms with E-state index in [9.17, 15) is 15.8 Å². The van der Waals surface area contributed by atoms with Crippen LogP contribution in [0.5, 0.6) is 0 Å². The van der Waals surface area contributed by atoms with Crippen LogP contribution < -0.4 is 0 Å². The third-order valence-corrected chi connectivity index (χ3v) is 5.53.